The Bertz CT molecular complexity index is 264. The first-order valence-electron chi connectivity index (χ1n) is 5.39. The summed E-state index contributed by atoms with van der Waals surface area (Å²) in [7, 11) is 0. The summed E-state index contributed by atoms with van der Waals surface area (Å²) in [6.45, 7) is 0. The fourth-order valence-corrected chi connectivity index (χ4v) is 2.87. The summed E-state index contributed by atoms with van der Waals surface area (Å²) >= 11 is 0. The molecule has 0 saturated heterocycles. The van der Waals surface area contributed by atoms with Gasteiger partial charge in [-0.25, -0.2) is 0 Å². The molecule has 78 valence electrons. The number of guanidine groups is 1. The van der Waals surface area contributed by atoms with Gasteiger partial charge in [-0.3, -0.25) is 0 Å². The molecule has 4 N–H and O–H groups in total. The van der Waals surface area contributed by atoms with E-state index in [2.05, 4.69) is 10.2 Å². The van der Waals surface area contributed by atoms with Crippen molar-refractivity contribution in [2.75, 3.05) is 0 Å². The fourth-order valence-electron chi connectivity index (χ4n) is 2.87. The van der Waals surface area contributed by atoms with Gasteiger partial charge in [-0.15, -0.1) is 5.10 Å². The molecule has 0 aromatic heterocycles. The maximum atomic E-state index is 5.28. The van der Waals surface area contributed by atoms with E-state index in [1.807, 2.05) is 0 Å². The van der Waals surface area contributed by atoms with Crippen LogP contribution in [0.5, 0.6) is 0 Å². The SMILES string of the molecule is NC(N)=N/N=C1/CCCC12CCCC2. The van der Waals surface area contributed by atoms with Gasteiger partial charge in [0.05, 0.1) is 0 Å². The molecule has 2 saturated carbocycles. The maximum absolute atomic E-state index is 5.28. The Balaban J connectivity index is 2.18. The van der Waals surface area contributed by atoms with Crippen LogP contribution >= 0.6 is 0 Å². The first kappa shape index (κ1) is 9.49. The second-order valence-electron chi connectivity index (χ2n) is 4.41. The van der Waals surface area contributed by atoms with Crippen molar-refractivity contribution in [2.24, 2.45) is 27.1 Å². The summed E-state index contributed by atoms with van der Waals surface area (Å²) in [6, 6.07) is 0. The van der Waals surface area contributed by atoms with Gasteiger partial charge in [0.1, 0.15) is 0 Å². The third-order valence-electron chi connectivity index (χ3n) is 3.53. The number of rotatable bonds is 1. The molecule has 0 radical (unpaired) electrons. The van der Waals surface area contributed by atoms with Crippen LogP contribution in [0.15, 0.2) is 10.2 Å². The molecular formula is C10H18N4. The van der Waals surface area contributed by atoms with E-state index in [9.17, 15) is 0 Å². The number of hydrogen-bond acceptors (Lipinski definition) is 2. The van der Waals surface area contributed by atoms with E-state index in [0.29, 0.717) is 5.41 Å². The predicted octanol–water partition coefficient (Wildman–Crippen LogP) is 1.36. The maximum Gasteiger partial charge on any atom is 0.211 e. The van der Waals surface area contributed by atoms with Crippen molar-refractivity contribution >= 4 is 11.7 Å². The zero-order valence-corrected chi connectivity index (χ0v) is 8.50. The van der Waals surface area contributed by atoms with E-state index in [0.717, 1.165) is 6.42 Å². The van der Waals surface area contributed by atoms with Crippen LogP contribution in [0.25, 0.3) is 0 Å². The second-order valence-corrected chi connectivity index (χ2v) is 4.41. The predicted molar refractivity (Wildman–Crippen MR) is 58.0 cm³/mol. The minimum Gasteiger partial charge on any atom is -0.369 e. The lowest BCUT2D eigenvalue weighted by molar-refractivity contribution is 0.427. The van der Waals surface area contributed by atoms with Gasteiger partial charge in [0, 0.05) is 11.1 Å². The van der Waals surface area contributed by atoms with Crippen molar-refractivity contribution in [1.29, 1.82) is 0 Å². The highest BCUT2D eigenvalue weighted by Crippen LogP contribution is 2.48. The van der Waals surface area contributed by atoms with Crippen molar-refractivity contribution in [3.05, 3.63) is 0 Å². The molecule has 0 amide bonds. The van der Waals surface area contributed by atoms with Crippen molar-refractivity contribution in [3.63, 3.8) is 0 Å². The molecule has 0 bridgehead atoms. The third-order valence-corrected chi connectivity index (χ3v) is 3.53. The molecule has 0 aromatic carbocycles. The number of hydrogen-bond donors (Lipinski definition) is 2. The van der Waals surface area contributed by atoms with Gasteiger partial charge in [-0.2, -0.15) is 5.10 Å². The highest BCUT2D eigenvalue weighted by atomic mass is 15.3. The summed E-state index contributed by atoms with van der Waals surface area (Å²) in [5, 5.41) is 8.00. The molecule has 14 heavy (non-hydrogen) atoms. The molecule has 2 rings (SSSR count). The minimum atomic E-state index is 0.0672. The zero-order valence-electron chi connectivity index (χ0n) is 8.50. The van der Waals surface area contributed by atoms with Crippen LogP contribution in [0.3, 0.4) is 0 Å². The van der Waals surface area contributed by atoms with Crippen LogP contribution in [0, 0.1) is 5.41 Å². The van der Waals surface area contributed by atoms with Crippen LogP contribution < -0.4 is 11.5 Å². The van der Waals surface area contributed by atoms with Crippen LogP contribution in [0.4, 0.5) is 0 Å². The number of nitrogens with two attached hydrogens (primary N) is 2. The van der Waals surface area contributed by atoms with Crippen molar-refractivity contribution < 1.29 is 0 Å². The molecule has 2 aliphatic carbocycles. The first-order valence-corrected chi connectivity index (χ1v) is 5.39. The van der Waals surface area contributed by atoms with Crippen molar-refractivity contribution in [2.45, 2.75) is 44.9 Å². The Labute approximate surface area is 84.5 Å². The summed E-state index contributed by atoms with van der Waals surface area (Å²) in [4.78, 5) is 0. The van der Waals surface area contributed by atoms with E-state index >= 15 is 0 Å². The van der Waals surface area contributed by atoms with Crippen molar-refractivity contribution in [3.8, 4) is 0 Å². The van der Waals surface area contributed by atoms with Gasteiger partial charge in [-0.05, 0) is 32.1 Å². The quantitative estimate of drug-likeness (QED) is 0.375. The van der Waals surface area contributed by atoms with Crippen LogP contribution in [-0.2, 0) is 0 Å². The van der Waals surface area contributed by atoms with Crippen molar-refractivity contribution in [1.82, 2.24) is 0 Å². The van der Waals surface area contributed by atoms with Gasteiger partial charge >= 0.3 is 0 Å². The van der Waals surface area contributed by atoms with Gasteiger partial charge in [0.2, 0.25) is 5.96 Å². The third kappa shape index (κ3) is 1.61. The van der Waals surface area contributed by atoms with E-state index in [-0.39, 0.29) is 5.96 Å². The molecule has 0 atom stereocenters. The van der Waals surface area contributed by atoms with Gasteiger partial charge in [0.25, 0.3) is 0 Å². The van der Waals surface area contributed by atoms with Crippen LogP contribution in [-0.4, -0.2) is 11.7 Å². The summed E-state index contributed by atoms with van der Waals surface area (Å²) in [5.74, 6) is 0.0672. The summed E-state index contributed by atoms with van der Waals surface area (Å²) in [5.41, 5.74) is 12.2. The molecule has 0 heterocycles. The number of nitrogens with zero attached hydrogens (tertiary/aromatic N) is 2. The second kappa shape index (κ2) is 3.59. The van der Waals surface area contributed by atoms with E-state index in [1.54, 1.807) is 0 Å². The van der Waals surface area contributed by atoms with Crippen LogP contribution in [0.2, 0.25) is 0 Å². The highest BCUT2D eigenvalue weighted by molar-refractivity contribution is 5.92. The molecule has 2 fully saturated rings. The minimum absolute atomic E-state index is 0.0672. The topological polar surface area (TPSA) is 76.8 Å². The van der Waals surface area contributed by atoms with E-state index < -0.39 is 0 Å². The van der Waals surface area contributed by atoms with Gasteiger partial charge < -0.3 is 11.5 Å². The normalized spacial score (nSPS) is 27.3. The fraction of sp³-hybridized carbons (Fsp3) is 0.800. The Morgan fingerprint density at radius 1 is 1.07 bits per heavy atom. The lowest BCUT2D eigenvalue weighted by Crippen LogP contribution is -2.24. The zero-order chi connectivity index (χ0) is 10.0. The molecule has 1 spiro atoms. The summed E-state index contributed by atoms with van der Waals surface area (Å²) < 4.78 is 0. The molecule has 4 heteroatoms. The Hall–Kier alpha value is -1.06. The highest BCUT2D eigenvalue weighted by Gasteiger charge is 2.42. The van der Waals surface area contributed by atoms with Gasteiger partial charge in [0.15, 0.2) is 0 Å². The Morgan fingerprint density at radius 2 is 1.71 bits per heavy atom. The van der Waals surface area contributed by atoms with Gasteiger partial charge in [-0.1, -0.05) is 12.8 Å². The van der Waals surface area contributed by atoms with E-state index in [4.69, 9.17) is 11.5 Å². The molecular weight excluding hydrogens is 176 g/mol. The molecule has 0 aliphatic heterocycles. The average molecular weight is 194 g/mol. The first-order chi connectivity index (χ1) is 6.73. The lowest BCUT2D eigenvalue weighted by atomic mass is 9.83. The molecule has 2 aliphatic rings. The van der Waals surface area contributed by atoms with E-state index in [1.165, 1.54) is 44.2 Å². The molecule has 0 unspecified atom stereocenters. The average Bonchev–Trinajstić information content (AvgIpc) is 2.74. The Morgan fingerprint density at radius 3 is 2.36 bits per heavy atom. The standard InChI is InChI=1S/C10H18N4/c11-9(12)14-13-8-4-3-7-10(8)5-1-2-6-10/h1-7H2,(H4,11,12,14)/b13-8-. The summed E-state index contributed by atoms with van der Waals surface area (Å²) in [6.07, 6.45) is 8.85. The largest absolute Gasteiger partial charge is 0.369 e. The Kier molecular flexibility index (Phi) is 2.44. The monoisotopic (exact) mass is 194 g/mol. The lowest BCUT2D eigenvalue weighted by Gasteiger charge is -2.22. The molecule has 4 nitrogen and oxygen atoms in total. The smallest absolute Gasteiger partial charge is 0.211 e. The van der Waals surface area contributed by atoms with Crippen LogP contribution in [0.1, 0.15) is 44.9 Å². The molecule has 0 aromatic rings.